The van der Waals surface area contributed by atoms with E-state index in [4.69, 9.17) is 9.47 Å². The number of rotatable bonds is 10. The van der Waals surface area contributed by atoms with Crippen LogP contribution in [0, 0.1) is 27.7 Å². The van der Waals surface area contributed by atoms with E-state index in [-0.39, 0.29) is 11.9 Å². The maximum Gasteiger partial charge on any atom is 0.355 e. The van der Waals surface area contributed by atoms with Gasteiger partial charge in [0.1, 0.15) is 11.4 Å². The molecule has 0 aliphatic rings. The van der Waals surface area contributed by atoms with E-state index in [0.717, 1.165) is 40.1 Å². The fraction of sp³-hybridized carbons (Fsp3) is 0.478. The predicted octanol–water partition coefficient (Wildman–Crippen LogP) is 3.86. The Kier molecular flexibility index (Phi) is 8.78. The third-order valence-electron chi connectivity index (χ3n) is 5.18. The Bertz CT molecular complexity index is 904. The van der Waals surface area contributed by atoms with E-state index >= 15 is 0 Å². The minimum Gasteiger partial charge on any atom is -0.461 e. The van der Waals surface area contributed by atoms with Crippen molar-refractivity contribution in [2.24, 2.45) is 9.98 Å². The summed E-state index contributed by atoms with van der Waals surface area (Å²) in [5.41, 5.74) is 6.31. The van der Waals surface area contributed by atoms with Gasteiger partial charge in [0.25, 0.3) is 0 Å². The van der Waals surface area contributed by atoms with Gasteiger partial charge in [-0.05, 0) is 70.2 Å². The minimum absolute atomic E-state index is 0.339. The zero-order valence-corrected chi connectivity index (χ0v) is 19.2. The average Bonchev–Trinajstić information content (AvgIpc) is 3.18. The van der Waals surface area contributed by atoms with Gasteiger partial charge in [-0.1, -0.05) is 0 Å². The Balaban J connectivity index is 1.89. The first-order chi connectivity index (χ1) is 14.8. The Labute approximate surface area is 183 Å². The maximum atomic E-state index is 12.0. The molecule has 0 aliphatic heterocycles. The van der Waals surface area contributed by atoms with Gasteiger partial charge in [0.15, 0.2) is 0 Å². The quantitative estimate of drug-likeness (QED) is 0.340. The molecule has 0 aromatic carbocycles. The molecule has 0 amide bonds. The summed E-state index contributed by atoms with van der Waals surface area (Å²) in [4.78, 5) is 39.0. The number of nitrogens with one attached hydrogen (secondary N) is 2. The molecule has 0 bridgehead atoms. The van der Waals surface area contributed by atoms with Gasteiger partial charge in [-0.15, -0.1) is 0 Å². The summed E-state index contributed by atoms with van der Waals surface area (Å²) < 4.78 is 10.1. The third-order valence-corrected chi connectivity index (χ3v) is 5.18. The van der Waals surface area contributed by atoms with E-state index in [1.165, 1.54) is 0 Å². The Hall–Kier alpha value is -3.16. The minimum atomic E-state index is -0.349. The van der Waals surface area contributed by atoms with Gasteiger partial charge in [-0.25, -0.2) is 9.59 Å². The molecule has 0 spiro atoms. The number of carbonyl (C=O) groups is 2. The first kappa shape index (κ1) is 24.1. The number of nitrogens with zero attached hydrogens (tertiary/aromatic N) is 2. The van der Waals surface area contributed by atoms with Crippen molar-refractivity contribution >= 4 is 24.4 Å². The molecule has 168 valence electrons. The smallest absolute Gasteiger partial charge is 0.355 e. The highest BCUT2D eigenvalue weighted by Crippen LogP contribution is 2.18. The number of carbonyl (C=O) groups excluding carboxylic acids is 2. The normalized spacial score (nSPS) is 11.5. The lowest BCUT2D eigenvalue weighted by Gasteiger charge is -1.99. The molecule has 0 atom stereocenters. The molecule has 2 rings (SSSR count). The fourth-order valence-electron chi connectivity index (χ4n) is 3.06. The lowest BCUT2D eigenvalue weighted by molar-refractivity contribution is 0.0510. The second-order valence-corrected chi connectivity index (χ2v) is 7.19. The van der Waals surface area contributed by atoms with E-state index in [2.05, 4.69) is 20.0 Å². The van der Waals surface area contributed by atoms with E-state index in [1.807, 2.05) is 27.7 Å². The molecule has 2 aromatic rings. The SMILES string of the molecule is CCOC(=O)c1[nH]c(C=NCCCN=Cc2[nH]c(C(=O)OCC)c(C)c2C)c(C)c1C. The summed E-state index contributed by atoms with van der Waals surface area (Å²) in [5, 5.41) is 0. The van der Waals surface area contributed by atoms with E-state index in [1.54, 1.807) is 26.3 Å². The van der Waals surface area contributed by atoms with Crippen LogP contribution in [-0.2, 0) is 9.47 Å². The van der Waals surface area contributed by atoms with E-state index < -0.39 is 0 Å². The van der Waals surface area contributed by atoms with Crippen molar-refractivity contribution in [3.63, 3.8) is 0 Å². The van der Waals surface area contributed by atoms with Crippen LogP contribution in [0.5, 0.6) is 0 Å². The van der Waals surface area contributed by atoms with Crippen LogP contribution < -0.4 is 0 Å². The number of aromatic nitrogens is 2. The van der Waals surface area contributed by atoms with Gasteiger partial charge < -0.3 is 19.4 Å². The van der Waals surface area contributed by atoms with Crippen molar-refractivity contribution in [1.29, 1.82) is 0 Å². The van der Waals surface area contributed by atoms with Gasteiger partial charge in [-0.3, -0.25) is 9.98 Å². The number of hydrogen-bond acceptors (Lipinski definition) is 6. The second kappa shape index (κ2) is 11.3. The molecule has 2 N–H and O–H groups in total. The zero-order chi connectivity index (χ0) is 23.0. The van der Waals surface area contributed by atoms with Crippen molar-refractivity contribution in [1.82, 2.24) is 9.97 Å². The summed E-state index contributed by atoms with van der Waals surface area (Å²) in [6.45, 7) is 13.1. The second-order valence-electron chi connectivity index (χ2n) is 7.19. The molecule has 2 aromatic heterocycles. The monoisotopic (exact) mass is 428 g/mol. The van der Waals surface area contributed by atoms with Crippen LogP contribution >= 0.6 is 0 Å². The van der Waals surface area contributed by atoms with Crippen LogP contribution in [0.2, 0.25) is 0 Å². The predicted molar refractivity (Wildman–Crippen MR) is 122 cm³/mol. The molecule has 0 radical (unpaired) electrons. The van der Waals surface area contributed by atoms with Gasteiger partial charge in [0, 0.05) is 25.5 Å². The lowest BCUT2D eigenvalue weighted by atomic mass is 10.1. The van der Waals surface area contributed by atoms with Crippen LogP contribution in [-0.4, -0.2) is 60.6 Å². The third kappa shape index (κ3) is 5.93. The van der Waals surface area contributed by atoms with Crippen LogP contribution in [0.3, 0.4) is 0 Å². The topological polar surface area (TPSA) is 109 Å². The van der Waals surface area contributed by atoms with E-state index in [0.29, 0.717) is 37.7 Å². The number of esters is 2. The molecule has 8 nitrogen and oxygen atoms in total. The van der Waals surface area contributed by atoms with Gasteiger partial charge in [-0.2, -0.15) is 0 Å². The van der Waals surface area contributed by atoms with Crippen molar-refractivity contribution < 1.29 is 19.1 Å². The molecule has 8 heteroatoms. The van der Waals surface area contributed by atoms with Gasteiger partial charge in [0.2, 0.25) is 0 Å². The number of aromatic amines is 2. The maximum absolute atomic E-state index is 12.0. The summed E-state index contributed by atoms with van der Waals surface area (Å²) >= 11 is 0. The fourth-order valence-corrected chi connectivity index (χ4v) is 3.06. The number of hydrogen-bond donors (Lipinski definition) is 2. The zero-order valence-electron chi connectivity index (χ0n) is 19.2. The summed E-state index contributed by atoms with van der Waals surface area (Å²) in [6.07, 6.45) is 4.28. The lowest BCUT2D eigenvalue weighted by Crippen LogP contribution is -2.06. The first-order valence-electron chi connectivity index (χ1n) is 10.5. The molecule has 2 heterocycles. The average molecular weight is 429 g/mol. The van der Waals surface area contributed by atoms with E-state index in [9.17, 15) is 9.59 Å². The van der Waals surface area contributed by atoms with Crippen molar-refractivity contribution in [2.75, 3.05) is 26.3 Å². The number of ether oxygens (including phenoxy) is 2. The van der Waals surface area contributed by atoms with Crippen LogP contribution in [0.4, 0.5) is 0 Å². The molecule has 0 saturated carbocycles. The van der Waals surface area contributed by atoms with Crippen molar-refractivity contribution in [2.45, 2.75) is 48.0 Å². The highest BCUT2D eigenvalue weighted by Gasteiger charge is 2.17. The summed E-state index contributed by atoms with van der Waals surface area (Å²) in [5.74, 6) is -0.698. The van der Waals surface area contributed by atoms with Crippen molar-refractivity contribution in [3.8, 4) is 0 Å². The standard InChI is InChI=1S/C23H32N4O4/c1-7-30-22(28)20-16(5)14(3)18(26-20)12-24-10-9-11-25-13-19-15(4)17(6)21(27-19)23(29)31-8-2/h12-13,26-27H,7-11H2,1-6H3. The molecule has 0 unspecified atom stereocenters. The molecule has 31 heavy (non-hydrogen) atoms. The molecule has 0 aliphatic carbocycles. The summed E-state index contributed by atoms with van der Waals surface area (Å²) in [7, 11) is 0. The van der Waals surface area contributed by atoms with Gasteiger partial charge >= 0.3 is 11.9 Å². The summed E-state index contributed by atoms with van der Waals surface area (Å²) in [6, 6.07) is 0. The molecule has 0 saturated heterocycles. The van der Waals surface area contributed by atoms with Crippen LogP contribution in [0.1, 0.15) is 74.9 Å². The number of H-pyrrole nitrogens is 2. The molecular weight excluding hydrogens is 396 g/mol. The Morgan fingerprint density at radius 2 is 1.13 bits per heavy atom. The molecule has 0 fully saturated rings. The number of aliphatic imine (C=N–C) groups is 2. The first-order valence-corrected chi connectivity index (χ1v) is 10.5. The Morgan fingerprint density at radius 1 is 0.742 bits per heavy atom. The van der Waals surface area contributed by atoms with Crippen LogP contribution in [0.15, 0.2) is 9.98 Å². The highest BCUT2D eigenvalue weighted by atomic mass is 16.5. The largest absolute Gasteiger partial charge is 0.461 e. The highest BCUT2D eigenvalue weighted by molar-refractivity contribution is 5.93. The van der Waals surface area contributed by atoms with Gasteiger partial charge in [0.05, 0.1) is 24.6 Å². The van der Waals surface area contributed by atoms with Crippen LogP contribution in [0.25, 0.3) is 0 Å². The Morgan fingerprint density at radius 3 is 1.48 bits per heavy atom. The molecular formula is C23H32N4O4. The van der Waals surface area contributed by atoms with Crippen molar-refractivity contribution in [3.05, 3.63) is 45.0 Å².